The number of alkyl halides is 3. The van der Waals surface area contributed by atoms with Crippen LogP contribution in [0.3, 0.4) is 0 Å². The van der Waals surface area contributed by atoms with E-state index in [4.69, 9.17) is 0 Å². The molecule has 2 aliphatic rings. The van der Waals surface area contributed by atoms with E-state index in [1.807, 2.05) is 11.0 Å². The summed E-state index contributed by atoms with van der Waals surface area (Å²) in [7, 11) is 0. The molecular weight excluding hydrogens is 439 g/mol. The zero-order chi connectivity index (χ0) is 23.1. The van der Waals surface area contributed by atoms with Gasteiger partial charge < -0.3 is 20.3 Å². The number of hydrogen-bond donors (Lipinski definition) is 2. The first-order valence-electron chi connectivity index (χ1n) is 10.1. The van der Waals surface area contributed by atoms with Crippen LogP contribution in [0.25, 0.3) is 11.4 Å². The summed E-state index contributed by atoms with van der Waals surface area (Å²) >= 11 is 0. The molecule has 1 amide bonds. The second-order valence-electron chi connectivity index (χ2n) is 8.04. The van der Waals surface area contributed by atoms with Crippen LogP contribution in [0.4, 0.5) is 30.6 Å². The van der Waals surface area contributed by atoms with Crippen molar-refractivity contribution >= 4 is 23.4 Å². The number of rotatable bonds is 5. The molecule has 5 rings (SSSR count). The van der Waals surface area contributed by atoms with Crippen molar-refractivity contribution in [2.75, 3.05) is 29.9 Å². The van der Waals surface area contributed by atoms with Gasteiger partial charge in [0.05, 0.1) is 0 Å². The molecule has 2 fully saturated rings. The van der Waals surface area contributed by atoms with Crippen molar-refractivity contribution in [3.63, 3.8) is 0 Å². The molecule has 2 aliphatic heterocycles. The zero-order valence-electron chi connectivity index (χ0n) is 17.1. The molecule has 5 heterocycles. The molecule has 0 bridgehead atoms. The second-order valence-corrected chi connectivity index (χ2v) is 8.04. The Balaban J connectivity index is 1.43. The van der Waals surface area contributed by atoms with Crippen LogP contribution < -0.4 is 20.3 Å². The van der Waals surface area contributed by atoms with Crippen LogP contribution in [0, 0.1) is 5.41 Å². The van der Waals surface area contributed by atoms with Gasteiger partial charge in [-0.2, -0.15) is 0 Å². The third-order valence-electron chi connectivity index (χ3n) is 5.43. The number of pyridine rings is 2. The van der Waals surface area contributed by atoms with Gasteiger partial charge in [-0.05, 0) is 18.2 Å². The summed E-state index contributed by atoms with van der Waals surface area (Å²) in [6, 6.07) is 7.50. The van der Waals surface area contributed by atoms with Crippen molar-refractivity contribution in [3.8, 4) is 17.1 Å². The lowest BCUT2D eigenvalue weighted by atomic mass is 9.79. The van der Waals surface area contributed by atoms with Crippen LogP contribution in [-0.4, -0.2) is 51.8 Å². The number of nitrogens with zero attached hydrogens (tertiary/aromatic N) is 5. The first-order chi connectivity index (χ1) is 15.8. The molecule has 0 atom stereocenters. The van der Waals surface area contributed by atoms with Crippen molar-refractivity contribution < 1.29 is 22.7 Å². The van der Waals surface area contributed by atoms with E-state index >= 15 is 0 Å². The van der Waals surface area contributed by atoms with E-state index in [2.05, 4.69) is 35.3 Å². The van der Waals surface area contributed by atoms with Crippen molar-refractivity contribution in [3.05, 3.63) is 48.9 Å². The molecule has 3 aromatic rings. The molecule has 2 saturated heterocycles. The van der Waals surface area contributed by atoms with Gasteiger partial charge in [-0.25, -0.2) is 15.0 Å². The number of ether oxygens (including phenoxy) is 1. The van der Waals surface area contributed by atoms with Gasteiger partial charge in [0, 0.05) is 67.8 Å². The fourth-order valence-corrected chi connectivity index (χ4v) is 3.99. The van der Waals surface area contributed by atoms with Crippen molar-refractivity contribution in [2.45, 2.75) is 12.8 Å². The summed E-state index contributed by atoms with van der Waals surface area (Å²) in [5.41, 5.74) is 0.576. The largest absolute Gasteiger partial charge is 0.573 e. The highest BCUT2D eigenvalue weighted by Crippen LogP contribution is 2.39. The number of carbonyl (C=O) groups is 1. The van der Waals surface area contributed by atoms with Gasteiger partial charge in [0.15, 0.2) is 5.82 Å². The highest BCUT2D eigenvalue weighted by Gasteiger charge is 2.48. The lowest BCUT2D eigenvalue weighted by Crippen LogP contribution is -2.57. The quantitative estimate of drug-likeness (QED) is 0.603. The van der Waals surface area contributed by atoms with E-state index in [1.165, 1.54) is 6.20 Å². The van der Waals surface area contributed by atoms with Crippen molar-refractivity contribution in [1.29, 1.82) is 0 Å². The summed E-state index contributed by atoms with van der Waals surface area (Å²) in [5.74, 6) is 1.14. The first kappa shape index (κ1) is 20.9. The number of halogens is 3. The van der Waals surface area contributed by atoms with Gasteiger partial charge in [0.1, 0.15) is 23.2 Å². The van der Waals surface area contributed by atoms with Crippen LogP contribution >= 0.6 is 0 Å². The monoisotopic (exact) mass is 457 g/mol. The Morgan fingerprint density at radius 1 is 1.12 bits per heavy atom. The van der Waals surface area contributed by atoms with Crippen LogP contribution in [0.2, 0.25) is 0 Å². The Hall–Kier alpha value is -3.96. The molecule has 0 aliphatic carbocycles. The fraction of sp³-hybridized carbons (Fsp3) is 0.286. The average molecular weight is 457 g/mol. The molecule has 33 heavy (non-hydrogen) atoms. The van der Waals surface area contributed by atoms with E-state index in [0.29, 0.717) is 49.1 Å². The molecule has 0 radical (unpaired) electrons. The highest BCUT2D eigenvalue weighted by molar-refractivity contribution is 5.80. The lowest BCUT2D eigenvalue weighted by molar-refractivity contribution is -0.274. The van der Waals surface area contributed by atoms with E-state index in [0.717, 1.165) is 12.1 Å². The molecular formula is C21H18F3N7O2. The van der Waals surface area contributed by atoms with Crippen LogP contribution in [0.1, 0.15) is 6.42 Å². The molecule has 170 valence electrons. The molecule has 0 saturated carbocycles. The molecule has 9 nitrogen and oxygen atoms in total. The van der Waals surface area contributed by atoms with Gasteiger partial charge in [-0.3, -0.25) is 9.78 Å². The zero-order valence-corrected chi connectivity index (χ0v) is 17.1. The van der Waals surface area contributed by atoms with E-state index in [1.54, 1.807) is 24.5 Å². The highest BCUT2D eigenvalue weighted by atomic mass is 19.4. The Labute approximate surface area is 186 Å². The van der Waals surface area contributed by atoms with Gasteiger partial charge in [-0.1, -0.05) is 0 Å². The summed E-state index contributed by atoms with van der Waals surface area (Å²) < 4.78 is 41.6. The first-order valence-corrected chi connectivity index (χ1v) is 10.1. The van der Waals surface area contributed by atoms with Crippen LogP contribution in [-0.2, 0) is 4.79 Å². The SMILES string of the molecule is O=C1CC2(CN1)CN(c1cc(Nc3cc(OC(F)(F)F)ccn3)nc(-c3cccnc3)n1)C2. The molecule has 0 aromatic carbocycles. The maximum Gasteiger partial charge on any atom is 0.573 e. The number of aromatic nitrogens is 4. The minimum atomic E-state index is -4.81. The van der Waals surface area contributed by atoms with Crippen molar-refractivity contribution in [2.24, 2.45) is 5.41 Å². The second kappa shape index (κ2) is 7.87. The normalized spacial score (nSPS) is 16.9. The van der Waals surface area contributed by atoms with Gasteiger partial charge in [0.25, 0.3) is 0 Å². The number of anilines is 3. The number of carbonyl (C=O) groups excluding carboxylic acids is 1. The molecule has 1 spiro atoms. The minimum absolute atomic E-state index is 0.0442. The number of amides is 1. The Kier molecular flexibility index (Phi) is 4.99. The van der Waals surface area contributed by atoms with Crippen LogP contribution in [0.15, 0.2) is 48.9 Å². The predicted molar refractivity (Wildman–Crippen MR) is 112 cm³/mol. The van der Waals surface area contributed by atoms with Gasteiger partial charge in [0.2, 0.25) is 5.91 Å². The maximum atomic E-state index is 12.6. The Bertz CT molecular complexity index is 1180. The van der Waals surface area contributed by atoms with Gasteiger partial charge in [-0.15, -0.1) is 13.2 Å². The summed E-state index contributed by atoms with van der Waals surface area (Å²) in [6.45, 7) is 1.94. The third-order valence-corrected chi connectivity index (χ3v) is 5.43. The summed E-state index contributed by atoms with van der Waals surface area (Å²) in [5, 5.41) is 5.80. The molecule has 0 unspecified atom stereocenters. The Morgan fingerprint density at radius 2 is 1.97 bits per heavy atom. The van der Waals surface area contributed by atoms with Gasteiger partial charge >= 0.3 is 6.36 Å². The number of hydrogen-bond acceptors (Lipinski definition) is 8. The smallest absolute Gasteiger partial charge is 0.406 e. The number of nitrogens with one attached hydrogen (secondary N) is 2. The standard InChI is InChI=1S/C21H18F3N7O2/c22-21(23,24)33-14-3-5-26-15(6-14)28-16-7-17(30-19(29-16)13-2-1-4-25-9-13)31-11-20(12-31)8-18(32)27-10-20/h1-7,9H,8,10-12H2,(H,27,32)(H,26,28,29,30). The summed E-state index contributed by atoms with van der Waals surface area (Å²) in [4.78, 5) is 31.0. The third kappa shape index (κ3) is 4.64. The average Bonchev–Trinajstić information content (AvgIpc) is 3.14. The van der Waals surface area contributed by atoms with E-state index in [-0.39, 0.29) is 17.1 Å². The topological polar surface area (TPSA) is 105 Å². The maximum absolute atomic E-state index is 12.6. The molecule has 12 heteroatoms. The lowest BCUT2D eigenvalue weighted by Gasteiger charge is -2.47. The van der Waals surface area contributed by atoms with E-state index in [9.17, 15) is 18.0 Å². The van der Waals surface area contributed by atoms with Crippen LogP contribution in [0.5, 0.6) is 5.75 Å². The Morgan fingerprint density at radius 3 is 2.67 bits per heavy atom. The fourth-order valence-electron chi connectivity index (χ4n) is 3.99. The van der Waals surface area contributed by atoms with Crippen molar-refractivity contribution in [1.82, 2.24) is 25.3 Å². The van der Waals surface area contributed by atoms with E-state index < -0.39 is 12.1 Å². The minimum Gasteiger partial charge on any atom is -0.406 e. The molecule has 3 aromatic heterocycles. The summed E-state index contributed by atoms with van der Waals surface area (Å²) in [6.07, 6.45) is 0.127. The molecule has 2 N–H and O–H groups in total. The predicted octanol–water partition coefficient (Wildman–Crippen LogP) is 2.90.